The van der Waals surface area contributed by atoms with Crippen molar-refractivity contribution in [3.63, 3.8) is 0 Å². The highest BCUT2D eigenvalue weighted by Gasteiger charge is 2.15. The van der Waals surface area contributed by atoms with Crippen LogP contribution in [0, 0.1) is 0 Å². The highest BCUT2D eigenvalue weighted by Crippen LogP contribution is 2.28. The van der Waals surface area contributed by atoms with Crippen molar-refractivity contribution in [3.8, 4) is 0 Å². The van der Waals surface area contributed by atoms with E-state index in [1.165, 1.54) is 0 Å². The van der Waals surface area contributed by atoms with Gasteiger partial charge in [-0.2, -0.15) is 0 Å². The Kier molecular flexibility index (Phi) is 3.69. The highest BCUT2D eigenvalue weighted by atomic mass is 16.4. The third kappa shape index (κ3) is 2.61. The Hall–Kier alpha value is -2.59. The van der Waals surface area contributed by atoms with Crippen molar-refractivity contribution in [2.75, 3.05) is 0 Å². The second-order valence-electron chi connectivity index (χ2n) is 5.41. The minimum Gasteiger partial charge on any atom is -0.478 e. The van der Waals surface area contributed by atoms with E-state index in [2.05, 4.69) is 0 Å². The summed E-state index contributed by atoms with van der Waals surface area (Å²) in [5.74, 6) is -0.964. The van der Waals surface area contributed by atoms with E-state index in [1.54, 1.807) is 25.1 Å². The summed E-state index contributed by atoms with van der Waals surface area (Å²) in [5.41, 5.74) is 3.05. The van der Waals surface area contributed by atoms with Gasteiger partial charge in [0, 0.05) is 29.2 Å². The van der Waals surface area contributed by atoms with Gasteiger partial charge in [-0.3, -0.25) is 0 Å². The molecule has 2 N–H and O–H groups in total. The molecule has 0 aliphatic carbocycles. The van der Waals surface area contributed by atoms with Crippen LogP contribution < -0.4 is 0 Å². The molecule has 1 heterocycles. The quantitative estimate of drug-likeness (QED) is 0.775. The van der Waals surface area contributed by atoms with Crippen molar-refractivity contribution in [2.45, 2.75) is 19.6 Å². The maximum absolute atomic E-state index is 11.2. The fourth-order valence-electron chi connectivity index (χ4n) is 2.70. The van der Waals surface area contributed by atoms with Crippen LogP contribution in [0.15, 0.2) is 54.7 Å². The third-order valence-electron chi connectivity index (χ3n) is 3.80. The number of carbonyl (C=O) groups is 1. The van der Waals surface area contributed by atoms with Gasteiger partial charge in [-0.05, 0) is 30.7 Å². The number of aromatic carboxylic acids is 1. The summed E-state index contributed by atoms with van der Waals surface area (Å²) in [6.45, 7) is 2.37. The maximum Gasteiger partial charge on any atom is 0.335 e. The fraction of sp³-hybridized carbons (Fsp3) is 0.167. The number of aromatic nitrogens is 1. The SMILES string of the molecule is CC(O)c1cn(Cc2ccccc2)c2ccc(C(=O)O)cc12. The average Bonchev–Trinajstić information content (AvgIpc) is 2.86. The number of aliphatic hydroxyl groups is 1. The third-order valence-corrected chi connectivity index (χ3v) is 3.80. The zero-order chi connectivity index (χ0) is 15.7. The standard InChI is InChI=1S/C18H17NO3/c1-12(20)16-11-19(10-13-5-3-2-4-6-13)17-8-7-14(18(21)22)9-15(16)17/h2-9,11-12,20H,10H2,1H3,(H,21,22). The smallest absolute Gasteiger partial charge is 0.335 e. The zero-order valence-electron chi connectivity index (χ0n) is 12.2. The molecule has 3 rings (SSSR count). The molecule has 0 bridgehead atoms. The molecule has 0 aliphatic heterocycles. The number of benzene rings is 2. The first-order chi connectivity index (χ1) is 10.6. The molecule has 1 unspecified atom stereocenters. The van der Waals surface area contributed by atoms with Crippen molar-refractivity contribution >= 4 is 16.9 Å². The van der Waals surface area contributed by atoms with E-state index in [9.17, 15) is 9.90 Å². The zero-order valence-corrected chi connectivity index (χ0v) is 12.2. The Morgan fingerprint density at radius 2 is 1.91 bits per heavy atom. The number of nitrogens with zero attached hydrogens (tertiary/aromatic N) is 1. The summed E-state index contributed by atoms with van der Waals surface area (Å²) >= 11 is 0. The van der Waals surface area contributed by atoms with Gasteiger partial charge in [0.25, 0.3) is 0 Å². The van der Waals surface area contributed by atoms with Crippen molar-refractivity contribution in [2.24, 2.45) is 0 Å². The molecule has 0 saturated carbocycles. The molecule has 2 aromatic carbocycles. The molecule has 1 atom stereocenters. The maximum atomic E-state index is 11.2. The van der Waals surface area contributed by atoms with Gasteiger partial charge in [-0.1, -0.05) is 30.3 Å². The van der Waals surface area contributed by atoms with Gasteiger partial charge in [0.05, 0.1) is 11.7 Å². The molecule has 0 spiro atoms. The van der Waals surface area contributed by atoms with E-state index >= 15 is 0 Å². The molecule has 4 nitrogen and oxygen atoms in total. The number of hydrogen-bond acceptors (Lipinski definition) is 2. The van der Waals surface area contributed by atoms with Crippen LogP contribution in [0.3, 0.4) is 0 Å². The monoisotopic (exact) mass is 295 g/mol. The fourth-order valence-corrected chi connectivity index (χ4v) is 2.70. The lowest BCUT2D eigenvalue weighted by Crippen LogP contribution is -1.99. The summed E-state index contributed by atoms with van der Waals surface area (Å²) < 4.78 is 2.04. The Morgan fingerprint density at radius 3 is 2.55 bits per heavy atom. The number of hydrogen-bond donors (Lipinski definition) is 2. The van der Waals surface area contributed by atoms with Crippen LogP contribution in [-0.4, -0.2) is 20.7 Å². The van der Waals surface area contributed by atoms with E-state index < -0.39 is 12.1 Å². The van der Waals surface area contributed by atoms with Gasteiger partial charge < -0.3 is 14.8 Å². The van der Waals surface area contributed by atoms with Crippen molar-refractivity contribution in [1.82, 2.24) is 4.57 Å². The minimum absolute atomic E-state index is 0.229. The van der Waals surface area contributed by atoms with Gasteiger partial charge in [-0.25, -0.2) is 4.79 Å². The van der Waals surface area contributed by atoms with Crippen LogP contribution in [0.5, 0.6) is 0 Å². The Balaban J connectivity index is 2.13. The van der Waals surface area contributed by atoms with Gasteiger partial charge >= 0.3 is 5.97 Å². The first-order valence-corrected chi connectivity index (χ1v) is 7.14. The molecule has 1 aromatic heterocycles. The first-order valence-electron chi connectivity index (χ1n) is 7.14. The molecule has 22 heavy (non-hydrogen) atoms. The number of carboxylic acids is 1. The molecule has 0 radical (unpaired) electrons. The summed E-state index contributed by atoms with van der Waals surface area (Å²) in [6, 6.07) is 15.0. The van der Waals surface area contributed by atoms with Gasteiger partial charge in [0.15, 0.2) is 0 Å². The minimum atomic E-state index is -0.964. The van der Waals surface area contributed by atoms with Gasteiger partial charge in [-0.15, -0.1) is 0 Å². The second-order valence-corrected chi connectivity index (χ2v) is 5.41. The highest BCUT2D eigenvalue weighted by molar-refractivity contribution is 5.95. The van der Waals surface area contributed by atoms with Crippen molar-refractivity contribution < 1.29 is 15.0 Å². The number of fused-ring (bicyclic) bond motifs is 1. The summed E-state index contributed by atoms with van der Waals surface area (Å²) in [6.07, 6.45) is 1.25. The van der Waals surface area contributed by atoms with Crippen molar-refractivity contribution in [1.29, 1.82) is 0 Å². The predicted octanol–water partition coefficient (Wildman–Crippen LogP) is 3.44. The Morgan fingerprint density at radius 1 is 1.18 bits per heavy atom. The lowest BCUT2D eigenvalue weighted by Gasteiger charge is -2.05. The second kappa shape index (κ2) is 5.66. The summed E-state index contributed by atoms with van der Waals surface area (Å²) in [7, 11) is 0. The van der Waals surface area contributed by atoms with E-state index in [1.807, 2.05) is 41.1 Å². The normalized spacial score (nSPS) is 12.5. The molecule has 0 saturated heterocycles. The topological polar surface area (TPSA) is 62.5 Å². The lowest BCUT2D eigenvalue weighted by molar-refractivity contribution is 0.0697. The molecule has 4 heteroatoms. The van der Waals surface area contributed by atoms with Crippen LogP contribution in [0.4, 0.5) is 0 Å². The van der Waals surface area contributed by atoms with E-state index in [4.69, 9.17) is 5.11 Å². The predicted molar refractivity (Wildman–Crippen MR) is 85.1 cm³/mol. The number of carboxylic acid groups (broad SMARTS) is 1. The molecular formula is C18H17NO3. The summed E-state index contributed by atoms with van der Waals surface area (Å²) in [4.78, 5) is 11.2. The first kappa shape index (κ1) is 14.4. The molecule has 0 fully saturated rings. The van der Waals surface area contributed by atoms with E-state index in [-0.39, 0.29) is 5.56 Å². The number of aliphatic hydroxyl groups excluding tert-OH is 1. The average molecular weight is 295 g/mol. The lowest BCUT2D eigenvalue weighted by atomic mass is 10.1. The molecular weight excluding hydrogens is 278 g/mol. The van der Waals surface area contributed by atoms with E-state index in [0.29, 0.717) is 6.54 Å². The molecule has 112 valence electrons. The molecule has 0 amide bonds. The van der Waals surface area contributed by atoms with Crippen LogP contribution in [-0.2, 0) is 6.54 Å². The van der Waals surface area contributed by atoms with Crippen molar-refractivity contribution in [3.05, 3.63) is 71.4 Å². The largest absolute Gasteiger partial charge is 0.478 e. The number of rotatable bonds is 4. The van der Waals surface area contributed by atoms with Crippen LogP contribution >= 0.6 is 0 Å². The molecule has 0 aliphatic rings. The van der Waals surface area contributed by atoms with Crippen LogP contribution in [0.25, 0.3) is 10.9 Å². The van der Waals surface area contributed by atoms with Gasteiger partial charge in [0.1, 0.15) is 0 Å². The Labute approximate surface area is 128 Å². The van der Waals surface area contributed by atoms with Gasteiger partial charge in [0.2, 0.25) is 0 Å². The Bertz CT molecular complexity index is 819. The van der Waals surface area contributed by atoms with E-state index in [0.717, 1.165) is 22.0 Å². The van der Waals surface area contributed by atoms with Crippen LogP contribution in [0.1, 0.15) is 34.5 Å². The molecule has 3 aromatic rings. The van der Waals surface area contributed by atoms with Crippen LogP contribution in [0.2, 0.25) is 0 Å². The summed E-state index contributed by atoms with van der Waals surface area (Å²) in [5, 5.41) is 19.9.